The predicted octanol–water partition coefficient (Wildman–Crippen LogP) is 3.21. The summed E-state index contributed by atoms with van der Waals surface area (Å²) >= 11 is 0. The second kappa shape index (κ2) is 5.20. The Labute approximate surface area is 99.4 Å². The quantitative estimate of drug-likeness (QED) is 0.704. The van der Waals surface area contributed by atoms with Crippen molar-refractivity contribution in [2.24, 2.45) is 11.8 Å². The van der Waals surface area contributed by atoms with Crippen LogP contribution in [0.25, 0.3) is 0 Å². The van der Waals surface area contributed by atoms with E-state index in [4.69, 9.17) is 0 Å². The van der Waals surface area contributed by atoms with E-state index >= 15 is 0 Å². The molecule has 2 aliphatic rings. The van der Waals surface area contributed by atoms with Crippen LogP contribution in [-0.4, -0.2) is 23.4 Å². The zero-order chi connectivity index (χ0) is 11.5. The Morgan fingerprint density at radius 3 is 2.69 bits per heavy atom. The number of carbonyl (C=O) groups is 1. The van der Waals surface area contributed by atoms with Crippen molar-refractivity contribution in [1.29, 1.82) is 0 Å². The first kappa shape index (κ1) is 11.9. The van der Waals surface area contributed by atoms with Crippen molar-refractivity contribution < 1.29 is 4.79 Å². The molecule has 1 saturated heterocycles. The van der Waals surface area contributed by atoms with Gasteiger partial charge in [-0.2, -0.15) is 0 Å². The van der Waals surface area contributed by atoms with Gasteiger partial charge in [0.1, 0.15) is 0 Å². The fourth-order valence-corrected chi connectivity index (χ4v) is 3.36. The molecule has 3 atom stereocenters. The SMILES string of the molecule is CC[C@H](C)C(=O)N1CCC[C@@H]2CCCC[C@@H]21. The van der Waals surface area contributed by atoms with Crippen LogP contribution in [0.15, 0.2) is 0 Å². The maximum Gasteiger partial charge on any atom is 0.225 e. The number of rotatable bonds is 2. The molecule has 0 radical (unpaired) electrons. The van der Waals surface area contributed by atoms with Crippen molar-refractivity contribution >= 4 is 5.91 Å². The molecule has 16 heavy (non-hydrogen) atoms. The molecule has 0 aromatic rings. The summed E-state index contributed by atoms with van der Waals surface area (Å²) in [6.07, 6.45) is 8.88. The van der Waals surface area contributed by atoms with Crippen LogP contribution in [0.2, 0.25) is 0 Å². The summed E-state index contributed by atoms with van der Waals surface area (Å²) in [5.74, 6) is 1.45. The smallest absolute Gasteiger partial charge is 0.225 e. The lowest BCUT2D eigenvalue weighted by Gasteiger charge is -2.45. The van der Waals surface area contributed by atoms with E-state index in [-0.39, 0.29) is 5.92 Å². The second-order valence-corrected chi connectivity index (χ2v) is 5.60. The monoisotopic (exact) mass is 223 g/mol. The summed E-state index contributed by atoms with van der Waals surface area (Å²) in [4.78, 5) is 14.5. The molecule has 1 aliphatic carbocycles. The molecular weight excluding hydrogens is 198 g/mol. The minimum Gasteiger partial charge on any atom is -0.339 e. The van der Waals surface area contributed by atoms with Gasteiger partial charge in [-0.1, -0.05) is 26.7 Å². The summed E-state index contributed by atoms with van der Waals surface area (Å²) < 4.78 is 0. The minimum absolute atomic E-state index is 0.223. The van der Waals surface area contributed by atoms with Crippen LogP contribution in [0.3, 0.4) is 0 Å². The molecule has 2 fully saturated rings. The highest BCUT2D eigenvalue weighted by molar-refractivity contribution is 5.78. The standard InChI is InChI=1S/C14H25NO/c1-3-11(2)14(16)15-10-6-8-12-7-4-5-9-13(12)15/h11-13H,3-10H2,1-2H3/t11-,12-,13-/m0/s1. The molecule has 0 N–H and O–H groups in total. The van der Waals surface area contributed by atoms with E-state index in [1.165, 1.54) is 38.5 Å². The zero-order valence-corrected chi connectivity index (χ0v) is 10.7. The van der Waals surface area contributed by atoms with E-state index in [1.807, 2.05) is 0 Å². The van der Waals surface area contributed by atoms with Gasteiger partial charge in [0.2, 0.25) is 5.91 Å². The van der Waals surface area contributed by atoms with Crippen LogP contribution in [-0.2, 0) is 4.79 Å². The van der Waals surface area contributed by atoms with Crippen LogP contribution in [0.5, 0.6) is 0 Å². The van der Waals surface area contributed by atoms with E-state index in [0.29, 0.717) is 11.9 Å². The van der Waals surface area contributed by atoms with Gasteiger partial charge in [0.05, 0.1) is 0 Å². The van der Waals surface area contributed by atoms with Gasteiger partial charge in [0.25, 0.3) is 0 Å². The Morgan fingerprint density at radius 1 is 1.25 bits per heavy atom. The highest BCUT2D eigenvalue weighted by atomic mass is 16.2. The molecule has 0 spiro atoms. The van der Waals surface area contributed by atoms with E-state index in [1.54, 1.807) is 0 Å². The average Bonchev–Trinajstić information content (AvgIpc) is 2.36. The first-order chi connectivity index (χ1) is 7.74. The van der Waals surface area contributed by atoms with Gasteiger partial charge >= 0.3 is 0 Å². The number of piperidine rings is 1. The highest BCUT2D eigenvalue weighted by Crippen LogP contribution is 2.35. The van der Waals surface area contributed by atoms with Gasteiger partial charge in [0, 0.05) is 18.5 Å². The van der Waals surface area contributed by atoms with Crippen molar-refractivity contribution in [3.05, 3.63) is 0 Å². The maximum atomic E-state index is 12.3. The normalized spacial score (nSPS) is 32.0. The zero-order valence-electron chi connectivity index (χ0n) is 10.7. The molecule has 0 aromatic heterocycles. The molecule has 1 heterocycles. The van der Waals surface area contributed by atoms with E-state index in [9.17, 15) is 4.79 Å². The fraction of sp³-hybridized carbons (Fsp3) is 0.929. The van der Waals surface area contributed by atoms with Crippen LogP contribution in [0, 0.1) is 11.8 Å². The van der Waals surface area contributed by atoms with Crippen molar-refractivity contribution in [3.8, 4) is 0 Å². The van der Waals surface area contributed by atoms with Gasteiger partial charge < -0.3 is 4.90 Å². The van der Waals surface area contributed by atoms with Crippen LogP contribution < -0.4 is 0 Å². The molecule has 1 amide bonds. The number of nitrogens with zero attached hydrogens (tertiary/aromatic N) is 1. The number of fused-ring (bicyclic) bond motifs is 1. The number of likely N-dealkylation sites (tertiary alicyclic amines) is 1. The summed E-state index contributed by atoms with van der Waals surface area (Å²) in [6, 6.07) is 0.587. The number of hydrogen-bond donors (Lipinski definition) is 0. The Kier molecular flexibility index (Phi) is 3.88. The largest absolute Gasteiger partial charge is 0.339 e. The Hall–Kier alpha value is -0.530. The topological polar surface area (TPSA) is 20.3 Å². The molecule has 92 valence electrons. The lowest BCUT2D eigenvalue weighted by atomic mass is 9.78. The van der Waals surface area contributed by atoms with Crippen LogP contribution in [0.4, 0.5) is 0 Å². The van der Waals surface area contributed by atoms with Crippen LogP contribution in [0.1, 0.15) is 58.8 Å². The van der Waals surface area contributed by atoms with E-state index < -0.39 is 0 Å². The molecule has 2 heteroatoms. The Morgan fingerprint density at radius 2 is 1.94 bits per heavy atom. The van der Waals surface area contributed by atoms with Crippen molar-refractivity contribution in [3.63, 3.8) is 0 Å². The second-order valence-electron chi connectivity index (χ2n) is 5.60. The summed E-state index contributed by atoms with van der Waals surface area (Å²) in [5, 5.41) is 0. The van der Waals surface area contributed by atoms with E-state index in [2.05, 4.69) is 18.7 Å². The van der Waals surface area contributed by atoms with Crippen molar-refractivity contribution in [1.82, 2.24) is 4.90 Å². The molecular formula is C14H25NO. The summed E-state index contributed by atoms with van der Waals surface area (Å²) in [5.41, 5.74) is 0. The predicted molar refractivity (Wildman–Crippen MR) is 66.1 cm³/mol. The molecule has 2 nitrogen and oxygen atoms in total. The van der Waals surface area contributed by atoms with Gasteiger partial charge in [-0.05, 0) is 38.0 Å². The highest BCUT2D eigenvalue weighted by Gasteiger charge is 2.36. The molecule has 0 unspecified atom stereocenters. The molecule has 1 aliphatic heterocycles. The van der Waals surface area contributed by atoms with Crippen molar-refractivity contribution in [2.45, 2.75) is 64.8 Å². The summed E-state index contributed by atoms with van der Waals surface area (Å²) in [6.45, 7) is 5.21. The van der Waals surface area contributed by atoms with Gasteiger partial charge in [-0.25, -0.2) is 0 Å². The molecule has 0 bridgehead atoms. The van der Waals surface area contributed by atoms with Crippen molar-refractivity contribution in [2.75, 3.05) is 6.54 Å². The number of carbonyl (C=O) groups excluding carboxylic acids is 1. The molecule has 1 saturated carbocycles. The first-order valence-corrected chi connectivity index (χ1v) is 7.04. The summed E-state index contributed by atoms with van der Waals surface area (Å²) in [7, 11) is 0. The lowest BCUT2D eigenvalue weighted by molar-refractivity contribution is -0.141. The minimum atomic E-state index is 0.223. The molecule has 2 rings (SSSR count). The lowest BCUT2D eigenvalue weighted by Crippen LogP contribution is -2.51. The van der Waals surface area contributed by atoms with Gasteiger partial charge in [0.15, 0.2) is 0 Å². The fourth-order valence-electron chi connectivity index (χ4n) is 3.36. The third kappa shape index (κ3) is 2.26. The average molecular weight is 223 g/mol. The molecule has 0 aromatic carbocycles. The van der Waals surface area contributed by atoms with Gasteiger partial charge in [-0.15, -0.1) is 0 Å². The van der Waals surface area contributed by atoms with E-state index in [0.717, 1.165) is 18.9 Å². The first-order valence-electron chi connectivity index (χ1n) is 7.04. The Balaban J connectivity index is 2.04. The maximum absolute atomic E-state index is 12.3. The Bertz CT molecular complexity index is 249. The third-order valence-corrected chi connectivity index (χ3v) is 4.56. The number of amides is 1. The van der Waals surface area contributed by atoms with Gasteiger partial charge in [-0.3, -0.25) is 4.79 Å². The third-order valence-electron chi connectivity index (χ3n) is 4.56. The number of hydrogen-bond acceptors (Lipinski definition) is 1. The van der Waals surface area contributed by atoms with Crippen LogP contribution >= 0.6 is 0 Å².